The van der Waals surface area contributed by atoms with Crippen LogP contribution in [-0.2, 0) is 26.2 Å². The second kappa shape index (κ2) is 15.1. The lowest BCUT2D eigenvalue weighted by molar-refractivity contribution is -0.140. The van der Waals surface area contributed by atoms with Crippen molar-refractivity contribution in [1.29, 1.82) is 0 Å². The van der Waals surface area contributed by atoms with Gasteiger partial charge in [-0.25, -0.2) is 8.42 Å². The number of carbonyl (C=O) groups is 2. The van der Waals surface area contributed by atoms with E-state index in [1.807, 2.05) is 26.0 Å². The Hall–Kier alpha value is -4.05. The highest BCUT2D eigenvalue weighted by Gasteiger charge is 2.34. The van der Waals surface area contributed by atoms with Gasteiger partial charge < -0.3 is 19.7 Å². The Labute approximate surface area is 261 Å². The number of sulfonamides is 1. The Bertz CT molecular complexity index is 1490. The molecule has 1 N–H and O–H groups in total. The van der Waals surface area contributed by atoms with Crippen LogP contribution in [0.15, 0.2) is 77.7 Å². The Kier molecular flexibility index (Phi) is 11.3. The van der Waals surface area contributed by atoms with Crippen LogP contribution in [0.1, 0.15) is 56.6 Å². The number of carbonyl (C=O) groups excluding carboxylic acids is 2. The van der Waals surface area contributed by atoms with Gasteiger partial charge in [0.1, 0.15) is 24.1 Å². The first kappa shape index (κ1) is 32.9. The molecular weight excluding hydrogens is 578 g/mol. The summed E-state index contributed by atoms with van der Waals surface area (Å²) in [7, 11) is -1.04. The zero-order valence-electron chi connectivity index (χ0n) is 26.0. The van der Waals surface area contributed by atoms with Gasteiger partial charge in [0, 0.05) is 12.6 Å². The van der Waals surface area contributed by atoms with Crippen LogP contribution < -0.4 is 19.1 Å². The first-order chi connectivity index (χ1) is 21.2. The van der Waals surface area contributed by atoms with Gasteiger partial charge in [0.15, 0.2) is 0 Å². The van der Waals surface area contributed by atoms with E-state index < -0.39 is 28.5 Å². The van der Waals surface area contributed by atoms with E-state index in [2.05, 4.69) is 5.32 Å². The summed E-state index contributed by atoms with van der Waals surface area (Å²) < 4.78 is 39.8. The number of hydrogen-bond acceptors (Lipinski definition) is 6. The lowest BCUT2D eigenvalue weighted by Gasteiger charge is -2.34. The van der Waals surface area contributed by atoms with Gasteiger partial charge in [0.25, 0.3) is 10.0 Å². The van der Waals surface area contributed by atoms with Gasteiger partial charge in [-0.05, 0) is 80.3 Å². The second-order valence-electron chi connectivity index (χ2n) is 11.2. The van der Waals surface area contributed by atoms with Gasteiger partial charge in [-0.2, -0.15) is 0 Å². The molecule has 4 rings (SSSR count). The quantitative estimate of drug-likeness (QED) is 0.272. The van der Waals surface area contributed by atoms with Crippen LogP contribution in [0.4, 0.5) is 5.69 Å². The fourth-order valence-electron chi connectivity index (χ4n) is 5.51. The largest absolute Gasteiger partial charge is 0.497 e. The molecule has 236 valence electrons. The summed E-state index contributed by atoms with van der Waals surface area (Å²) in [4.78, 5) is 29.5. The van der Waals surface area contributed by atoms with Crippen LogP contribution in [-0.4, -0.2) is 58.0 Å². The van der Waals surface area contributed by atoms with Crippen LogP contribution in [0.3, 0.4) is 0 Å². The van der Waals surface area contributed by atoms with E-state index in [1.165, 1.54) is 24.1 Å². The van der Waals surface area contributed by atoms with Gasteiger partial charge in [-0.3, -0.25) is 13.9 Å². The van der Waals surface area contributed by atoms with Crippen molar-refractivity contribution in [2.24, 2.45) is 0 Å². The van der Waals surface area contributed by atoms with Crippen LogP contribution in [0, 0.1) is 6.92 Å². The van der Waals surface area contributed by atoms with E-state index in [1.54, 1.807) is 55.6 Å². The summed E-state index contributed by atoms with van der Waals surface area (Å²) in [5, 5.41) is 3.17. The van der Waals surface area contributed by atoms with E-state index >= 15 is 0 Å². The third-order valence-corrected chi connectivity index (χ3v) is 9.89. The zero-order chi connectivity index (χ0) is 31.7. The second-order valence-corrected chi connectivity index (χ2v) is 13.0. The van der Waals surface area contributed by atoms with Crippen molar-refractivity contribution in [1.82, 2.24) is 10.2 Å². The maximum Gasteiger partial charge on any atom is 0.264 e. The highest BCUT2D eigenvalue weighted by Crippen LogP contribution is 2.27. The molecule has 44 heavy (non-hydrogen) atoms. The van der Waals surface area contributed by atoms with Crippen LogP contribution >= 0.6 is 0 Å². The number of aryl methyl sites for hydroxylation is 1. The molecule has 0 spiro atoms. The van der Waals surface area contributed by atoms with E-state index in [0.29, 0.717) is 23.6 Å². The van der Waals surface area contributed by atoms with Gasteiger partial charge in [-0.15, -0.1) is 0 Å². The molecule has 0 heterocycles. The van der Waals surface area contributed by atoms with Crippen LogP contribution in [0.5, 0.6) is 11.5 Å². The molecule has 3 aromatic carbocycles. The fraction of sp³-hybridized carbons (Fsp3) is 0.412. The van der Waals surface area contributed by atoms with Crippen molar-refractivity contribution in [2.75, 3.05) is 25.1 Å². The summed E-state index contributed by atoms with van der Waals surface area (Å²) in [5.41, 5.74) is 2.01. The molecule has 0 saturated heterocycles. The molecule has 0 radical (unpaired) electrons. The molecule has 1 fully saturated rings. The average molecular weight is 622 g/mol. The number of amides is 2. The predicted molar refractivity (Wildman–Crippen MR) is 171 cm³/mol. The summed E-state index contributed by atoms with van der Waals surface area (Å²) in [5.74, 6) is 0.513. The van der Waals surface area contributed by atoms with Gasteiger partial charge >= 0.3 is 0 Å². The van der Waals surface area contributed by atoms with E-state index in [-0.39, 0.29) is 23.4 Å². The number of hydrogen-bond donors (Lipinski definition) is 1. The predicted octanol–water partition coefficient (Wildman–Crippen LogP) is 5.46. The van der Waals surface area contributed by atoms with Crippen molar-refractivity contribution in [3.05, 3.63) is 83.9 Å². The average Bonchev–Trinajstić information content (AvgIpc) is 3.04. The van der Waals surface area contributed by atoms with Crippen LogP contribution in [0.2, 0.25) is 0 Å². The Balaban J connectivity index is 1.70. The third-order valence-electron chi connectivity index (χ3n) is 8.10. The SMILES string of the molecule is CC[C@H](C(=O)NC1CCCCC1)N(Cc1ccc(OC)cc1)C(=O)CN(c1ccc(OC)cc1)S(=O)(=O)c1ccc(C)cc1. The number of anilines is 1. The number of ether oxygens (including phenoxy) is 2. The standard InChI is InChI=1S/C34H43N3O6S/c1-5-32(34(39)35-27-9-7-6-8-10-27)36(23-26-13-17-29(42-3)18-14-26)33(38)24-37(28-15-19-30(43-4)20-16-28)44(40,41)31-21-11-25(2)12-22-31/h11-22,27,32H,5-10,23-24H2,1-4H3,(H,35,39)/t32-/m1/s1. The highest BCUT2D eigenvalue weighted by molar-refractivity contribution is 7.92. The molecular formula is C34H43N3O6S. The van der Waals surface area contributed by atoms with Gasteiger partial charge in [0.2, 0.25) is 11.8 Å². The number of benzene rings is 3. The van der Waals surface area contributed by atoms with Crippen molar-refractivity contribution in [3.8, 4) is 11.5 Å². The van der Waals surface area contributed by atoms with Crippen molar-refractivity contribution < 1.29 is 27.5 Å². The first-order valence-corrected chi connectivity index (χ1v) is 16.6. The summed E-state index contributed by atoms with van der Waals surface area (Å²) in [6, 6.07) is 19.6. The van der Waals surface area contributed by atoms with Crippen molar-refractivity contribution >= 4 is 27.5 Å². The zero-order valence-corrected chi connectivity index (χ0v) is 26.8. The lowest BCUT2D eigenvalue weighted by atomic mass is 9.95. The third kappa shape index (κ3) is 8.11. The topological polar surface area (TPSA) is 105 Å². The molecule has 1 atom stereocenters. The van der Waals surface area contributed by atoms with E-state index in [0.717, 1.165) is 47.5 Å². The minimum atomic E-state index is -4.15. The molecule has 9 nitrogen and oxygen atoms in total. The molecule has 0 aliphatic heterocycles. The van der Waals surface area contributed by atoms with Gasteiger partial charge in [0.05, 0.1) is 24.8 Å². The van der Waals surface area contributed by atoms with E-state index in [9.17, 15) is 18.0 Å². The minimum absolute atomic E-state index is 0.0653. The number of methoxy groups -OCH3 is 2. The maximum absolute atomic E-state index is 14.3. The van der Waals surface area contributed by atoms with Crippen LogP contribution in [0.25, 0.3) is 0 Å². The Morgan fingerprint density at radius 2 is 1.43 bits per heavy atom. The highest BCUT2D eigenvalue weighted by atomic mass is 32.2. The molecule has 0 unspecified atom stereocenters. The first-order valence-electron chi connectivity index (χ1n) is 15.1. The molecule has 1 aliphatic rings. The lowest BCUT2D eigenvalue weighted by Crippen LogP contribution is -2.54. The molecule has 2 amide bonds. The maximum atomic E-state index is 14.3. The molecule has 0 aromatic heterocycles. The van der Waals surface area contributed by atoms with Gasteiger partial charge in [-0.1, -0.05) is 56.0 Å². The monoisotopic (exact) mass is 621 g/mol. The summed E-state index contributed by atoms with van der Waals surface area (Å²) in [6.07, 6.45) is 5.47. The Morgan fingerprint density at radius 1 is 0.864 bits per heavy atom. The number of nitrogens with zero attached hydrogens (tertiary/aromatic N) is 2. The number of rotatable bonds is 13. The summed E-state index contributed by atoms with van der Waals surface area (Å²) >= 11 is 0. The molecule has 10 heteroatoms. The Morgan fingerprint density at radius 3 is 1.98 bits per heavy atom. The smallest absolute Gasteiger partial charge is 0.264 e. The molecule has 1 aliphatic carbocycles. The normalized spacial score (nSPS) is 14.4. The fourth-order valence-corrected chi connectivity index (χ4v) is 6.92. The minimum Gasteiger partial charge on any atom is -0.497 e. The van der Waals surface area contributed by atoms with E-state index in [4.69, 9.17) is 9.47 Å². The van der Waals surface area contributed by atoms with Crippen molar-refractivity contribution in [3.63, 3.8) is 0 Å². The molecule has 1 saturated carbocycles. The molecule has 0 bridgehead atoms. The molecule has 3 aromatic rings. The summed E-state index contributed by atoms with van der Waals surface area (Å²) in [6.45, 7) is 3.37. The van der Waals surface area contributed by atoms with Crippen molar-refractivity contribution in [2.45, 2.75) is 75.9 Å². The number of nitrogens with one attached hydrogen (secondary N) is 1.